The molecule has 0 aliphatic carbocycles. The number of furan rings is 1. The van der Waals surface area contributed by atoms with Crippen molar-refractivity contribution in [1.82, 2.24) is 19.5 Å². The van der Waals surface area contributed by atoms with Gasteiger partial charge in [-0.15, -0.1) is 11.3 Å². The fourth-order valence-electron chi connectivity index (χ4n) is 9.05. The van der Waals surface area contributed by atoms with Crippen LogP contribution in [0.4, 0.5) is 0 Å². The van der Waals surface area contributed by atoms with Crippen molar-refractivity contribution in [3.63, 3.8) is 0 Å². The van der Waals surface area contributed by atoms with Crippen LogP contribution in [0.25, 0.3) is 126 Å². The molecule has 0 unspecified atom stereocenters. The average Bonchev–Trinajstić information content (AvgIpc) is 4.06. The number of rotatable bonds is 6. The minimum Gasteiger partial charge on any atom is -0.455 e. The summed E-state index contributed by atoms with van der Waals surface area (Å²) in [4.78, 5) is 15.4. The van der Waals surface area contributed by atoms with Crippen LogP contribution in [0.2, 0.25) is 0 Å². The standard InChI is InChI=1S/C57H34N4OS/c1-3-15-35(16-4-1)41-23-14-25-46-47-33-39(61-49-26-10-7-19-42(49)43-20-8-11-27-50(43)61)34-48(54(47)63-53(41)46)57-59-55(37-17-5-2-6-18-37)58-56(60-57)38-31-29-36(30-32-38)40-22-13-24-45-44-21-9-12-28-51(44)62-52(40)45/h1-34H/i29D,30D,31D,32D. The molecule has 0 amide bonds. The lowest BCUT2D eigenvalue weighted by Crippen LogP contribution is -2.01. The van der Waals surface area contributed by atoms with Gasteiger partial charge in [-0.25, -0.2) is 15.0 Å². The molecule has 0 N–H and O–H groups in total. The molecule has 4 heterocycles. The Labute approximate surface area is 371 Å². The number of hydrogen-bond donors (Lipinski definition) is 0. The maximum absolute atomic E-state index is 9.59. The van der Waals surface area contributed by atoms with Crippen molar-refractivity contribution in [2.45, 2.75) is 0 Å². The van der Waals surface area contributed by atoms with Crippen molar-refractivity contribution in [1.29, 1.82) is 0 Å². The van der Waals surface area contributed by atoms with Gasteiger partial charge in [-0.2, -0.15) is 0 Å². The molecule has 5 nitrogen and oxygen atoms in total. The molecule has 0 fully saturated rings. The van der Waals surface area contributed by atoms with Gasteiger partial charge in [0.1, 0.15) is 11.2 Å². The van der Waals surface area contributed by atoms with Gasteiger partial charge in [-0.1, -0.05) is 176 Å². The van der Waals surface area contributed by atoms with Crippen molar-refractivity contribution in [2.24, 2.45) is 0 Å². The maximum Gasteiger partial charge on any atom is 0.165 e. The van der Waals surface area contributed by atoms with Crippen LogP contribution in [-0.2, 0) is 0 Å². The number of fused-ring (bicyclic) bond motifs is 9. The zero-order valence-electron chi connectivity index (χ0n) is 37.4. The first-order valence-electron chi connectivity index (χ1n) is 22.8. The fourth-order valence-corrected chi connectivity index (χ4v) is 10.4. The molecule has 13 aromatic rings. The summed E-state index contributed by atoms with van der Waals surface area (Å²) in [5, 5.41) is 6.14. The van der Waals surface area contributed by atoms with Crippen LogP contribution in [0.3, 0.4) is 0 Å². The van der Waals surface area contributed by atoms with Crippen LogP contribution < -0.4 is 0 Å². The van der Waals surface area contributed by atoms with E-state index in [-0.39, 0.29) is 41.1 Å². The number of para-hydroxylation sites is 4. The molecular weight excluding hydrogens is 789 g/mol. The van der Waals surface area contributed by atoms with Crippen molar-refractivity contribution in [3.05, 3.63) is 206 Å². The van der Waals surface area contributed by atoms with E-state index in [1.54, 1.807) is 17.4 Å². The molecule has 9 aromatic carbocycles. The van der Waals surface area contributed by atoms with E-state index in [4.69, 9.17) is 19.4 Å². The number of hydrogen-bond acceptors (Lipinski definition) is 5. The molecule has 63 heavy (non-hydrogen) atoms. The SMILES string of the molecule is [2H]c1c([2H])c(-c2cccc3c2oc2ccccc23)c([2H])c([2H])c1-c1nc(-c2ccccc2)nc(-c2cc(-n3c4ccccc4c4ccccc43)cc3c2sc2c(-c4ccccc4)cccc23)n1. The third-order valence-corrected chi connectivity index (χ3v) is 13.2. The second kappa shape index (κ2) is 14.2. The lowest BCUT2D eigenvalue weighted by molar-refractivity contribution is 0.670. The highest BCUT2D eigenvalue weighted by atomic mass is 32.1. The van der Waals surface area contributed by atoms with Crippen LogP contribution in [0.15, 0.2) is 211 Å². The van der Waals surface area contributed by atoms with Gasteiger partial charge in [0.25, 0.3) is 0 Å². The second-order valence-corrected chi connectivity index (χ2v) is 16.6. The Kier molecular flexibility index (Phi) is 7.13. The fraction of sp³-hybridized carbons (Fsp3) is 0. The Hall–Kier alpha value is -8.19. The summed E-state index contributed by atoms with van der Waals surface area (Å²) in [7, 11) is 0. The predicted molar refractivity (Wildman–Crippen MR) is 262 cm³/mol. The summed E-state index contributed by atoms with van der Waals surface area (Å²) in [5.74, 6) is 0.725. The van der Waals surface area contributed by atoms with Gasteiger partial charge >= 0.3 is 0 Å². The quantitative estimate of drug-likeness (QED) is 0.168. The van der Waals surface area contributed by atoms with E-state index in [1.807, 2.05) is 72.8 Å². The molecule has 0 spiro atoms. The molecule has 0 bridgehead atoms. The largest absolute Gasteiger partial charge is 0.455 e. The van der Waals surface area contributed by atoms with E-state index in [9.17, 15) is 5.48 Å². The Morgan fingerprint density at radius 1 is 0.397 bits per heavy atom. The van der Waals surface area contributed by atoms with E-state index >= 15 is 0 Å². The highest BCUT2D eigenvalue weighted by Crippen LogP contribution is 2.46. The first-order valence-corrected chi connectivity index (χ1v) is 21.6. The van der Waals surface area contributed by atoms with Gasteiger partial charge in [0, 0.05) is 69.7 Å². The molecule has 4 aromatic heterocycles. The van der Waals surface area contributed by atoms with Gasteiger partial charge in [-0.3, -0.25) is 0 Å². The minimum atomic E-state index is -0.265. The molecule has 6 heteroatoms. The maximum atomic E-state index is 9.59. The van der Waals surface area contributed by atoms with Gasteiger partial charge in [-0.05, 0) is 47.0 Å². The molecular formula is C57H34N4OS. The summed E-state index contributed by atoms with van der Waals surface area (Å²) < 4.78 is 48.9. The Bertz CT molecular complexity index is 4080. The Morgan fingerprint density at radius 2 is 0.937 bits per heavy atom. The van der Waals surface area contributed by atoms with Crippen molar-refractivity contribution < 1.29 is 9.90 Å². The molecule has 0 saturated heterocycles. The van der Waals surface area contributed by atoms with Crippen molar-refractivity contribution in [2.75, 3.05) is 0 Å². The molecule has 0 radical (unpaired) electrons. The van der Waals surface area contributed by atoms with E-state index in [2.05, 4.69) is 108 Å². The molecule has 0 saturated carbocycles. The summed E-state index contributed by atoms with van der Waals surface area (Å²) in [5.41, 5.74) is 8.49. The van der Waals surface area contributed by atoms with Gasteiger partial charge in [0.15, 0.2) is 17.5 Å². The van der Waals surface area contributed by atoms with Crippen molar-refractivity contribution >= 4 is 75.3 Å². The average molecular weight is 827 g/mol. The lowest BCUT2D eigenvalue weighted by atomic mass is 10.0. The molecule has 0 aliphatic rings. The number of benzene rings is 9. The topological polar surface area (TPSA) is 56.7 Å². The summed E-state index contributed by atoms with van der Waals surface area (Å²) in [6.45, 7) is 0. The smallest absolute Gasteiger partial charge is 0.165 e. The first kappa shape index (κ1) is 31.7. The Morgan fingerprint density at radius 3 is 1.67 bits per heavy atom. The summed E-state index contributed by atoms with van der Waals surface area (Å²) in [6.07, 6.45) is 0. The van der Waals surface area contributed by atoms with E-state index in [1.165, 1.54) is 0 Å². The number of nitrogens with zero attached hydrogens (tertiary/aromatic N) is 4. The van der Waals surface area contributed by atoms with Crippen LogP contribution in [-0.4, -0.2) is 19.5 Å². The lowest BCUT2D eigenvalue weighted by Gasteiger charge is -2.13. The van der Waals surface area contributed by atoms with Crippen LogP contribution in [0.5, 0.6) is 0 Å². The van der Waals surface area contributed by atoms with E-state index in [0.29, 0.717) is 33.9 Å². The minimum absolute atomic E-state index is 0.0196. The van der Waals surface area contributed by atoms with E-state index < -0.39 is 0 Å². The first-order chi connectivity index (χ1) is 32.9. The van der Waals surface area contributed by atoms with Gasteiger partial charge in [0.05, 0.1) is 16.5 Å². The number of aromatic nitrogens is 4. The number of thiophene rings is 1. The third-order valence-electron chi connectivity index (χ3n) is 11.9. The van der Waals surface area contributed by atoms with Gasteiger partial charge < -0.3 is 8.98 Å². The van der Waals surface area contributed by atoms with Crippen LogP contribution >= 0.6 is 11.3 Å². The molecule has 0 atom stereocenters. The normalized spacial score (nSPS) is 12.7. The second-order valence-electron chi connectivity index (χ2n) is 15.6. The zero-order chi connectivity index (χ0) is 44.9. The molecule has 294 valence electrons. The van der Waals surface area contributed by atoms with Gasteiger partial charge in [0.2, 0.25) is 0 Å². The monoisotopic (exact) mass is 826 g/mol. The highest BCUT2D eigenvalue weighted by molar-refractivity contribution is 7.26. The zero-order valence-corrected chi connectivity index (χ0v) is 34.2. The Balaban J connectivity index is 1.10. The predicted octanol–water partition coefficient (Wildman–Crippen LogP) is 15.6. The summed E-state index contributed by atoms with van der Waals surface area (Å²) >= 11 is 1.68. The van der Waals surface area contributed by atoms with Crippen LogP contribution in [0.1, 0.15) is 5.48 Å². The molecule has 13 rings (SSSR count). The van der Waals surface area contributed by atoms with Crippen LogP contribution in [0, 0.1) is 0 Å². The highest BCUT2D eigenvalue weighted by Gasteiger charge is 2.22. The van der Waals surface area contributed by atoms with Crippen molar-refractivity contribution in [3.8, 4) is 62.1 Å². The molecule has 0 aliphatic heterocycles. The third kappa shape index (κ3) is 5.73. The summed E-state index contributed by atoms with van der Waals surface area (Å²) in [6, 6.07) is 60.0. The van der Waals surface area contributed by atoms with E-state index in [0.717, 1.165) is 75.1 Å².